The molecule has 1 aromatic rings. The van der Waals surface area contributed by atoms with E-state index in [-0.39, 0.29) is 5.96 Å². The molecule has 0 radical (unpaired) electrons. The van der Waals surface area contributed by atoms with Gasteiger partial charge in [0.25, 0.3) is 0 Å². The van der Waals surface area contributed by atoms with Gasteiger partial charge in [0.1, 0.15) is 17.9 Å². The lowest BCUT2D eigenvalue weighted by atomic mass is 9.87. The molecule has 0 aromatic heterocycles. The van der Waals surface area contributed by atoms with Crippen molar-refractivity contribution in [2.45, 2.75) is 50.0 Å². The molecule has 8 heteroatoms. The second-order valence-corrected chi connectivity index (χ2v) is 6.60. The summed E-state index contributed by atoms with van der Waals surface area (Å²) < 4.78 is 0. The van der Waals surface area contributed by atoms with E-state index in [2.05, 4.69) is 9.98 Å². The number of benzene rings is 1. The van der Waals surface area contributed by atoms with E-state index in [9.17, 15) is 10.2 Å². The highest BCUT2D eigenvalue weighted by molar-refractivity contribution is 6.05. The predicted octanol–water partition coefficient (Wildman–Crippen LogP) is 0.183. The number of hydrogen-bond acceptors (Lipinski definition) is 8. The van der Waals surface area contributed by atoms with E-state index in [1.807, 2.05) is 4.90 Å². The Morgan fingerprint density at radius 1 is 1.08 bits per heavy atom. The van der Waals surface area contributed by atoms with Crippen LogP contribution in [0.5, 0.6) is 0 Å². The van der Waals surface area contributed by atoms with Gasteiger partial charge in [-0.1, -0.05) is 18.6 Å². The highest BCUT2D eigenvalue weighted by Gasteiger charge is 2.42. The third-order valence-corrected chi connectivity index (χ3v) is 4.90. The molecule has 1 fully saturated rings. The molecule has 2 atom stereocenters. The molecule has 25 heavy (non-hydrogen) atoms. The molecule has 1 saturated carbocycles. The molecule has 0 amide bonds. The quantitative estimate of drug-likeness (QED) is 0.526. The molecule has 2 aliphatic rings. The van der Waals surface area contributed by atoms with Gasteiger partial charge in [-0.25, -0.2) is 4.99 Å². The number of anilines is 1. The molecule has 1 spiro atoms. The highest BCUT2D eigenvalue weighted by atomic mass is 16.4. The number of guanidine groups is 2. The lowest BCUT2D eigenvalue weighted by Gasteiger charge is -2.45. The Kier molecular flexibility index (Phi) is 4.94. The number of nitrogens with two attached hydrogens (primary N) is 2. The summed E-state index contributed by atoms with van der Waals surface area (Å²) in [4.78, 5) is 10.6. The van der Waals surface area contributed by atoms with E-state index in [4.69, 9.17) is 16.6 Å². The number of aliphatic imine (C=N–C) groups is 2. The van der Waals surface area contributed by atoms with Gasteiger partial charge in [-0.15, -0.1) is 0 Å². The Bertz CT molecular complexity index is 667. The third kappa shape index (κ3) is 3.33. The van der Waals surface area contributed by atoms with Crippen molar-refractivity contribution in [1.29, 1.82) is 0 Å². The number of hydrogen-bond donors (Lipinski definition) is 5. The number of nitrogens with zero attached hydrogens (tertiary/aromatic N) is 3. The first-order valence-corrected chi connectivity index (χ1v) is 8.53. The molecule has 1 aliphatic carbocycles. The molecule has 136 valence electrons. The molecule has 1 aliphatic heterocycles. The minimum Gasteiger partial charge on any atom is -0.394 e. The Labute approximate surface area is 146 Å². The standard InChI is InChI=1S/C17H25N5O3/c18-15-20-16(19)22(17(21-15)8-2-1-3-9-17)12-6-4-11(5-7-12)14(25)13(24)10-23/h4-7,13-14,23-25H,1-3,8-10H2,(H4,18,19,20,21). The largest absolute Gasteiger partial charge is 0.394 e. The van der Waals surface area contributed by atoms with E-state index < -0.39 is 24.5 Å². The lowest BCUT2D eigenvalue weighted by molar-refractivity contribution is -0.0152. The topological polar surface area (TPSA) is 141 Å². The maximum atomic E-state index is 10.0. The summed E-state index contributed by atoms with van der Waals surface area (Å²) in [5, 5.41) is 28.6. The van der Waals surface area contributed by atoms with Gasteiger partial charge < -0.3 is 26.8 Å². The van der Waals surface area contributed by atoms with Crippen LogP contribution in [0, 0.1) is 0 Å². The molecule has 8 nitrogen and oxygen atoms in total. The third-order valence-electron chi connectivity index (χ3n) is 4.90. The Hall–Kier alpha value is -2.16. The SMILES string of the molecule is NC1=NC2(CCCCC2)N(c2ccc(C(O)C(O)CO)cc2)C(N)=N1. The zero-order valence-corrected chi connectivity index (χ0v) is 14.0. The molecule has 0 bridgehead atoms. The average Bonchev–Trinajstić information content (AvgIpc) is 2.61. The number of aliphatic hydroxyl groups is 3. The monoisotopic (exact) mass is 347 g/mol. The summed E-state index contributed by atoms with van der Waals surface area (Å²) in [6, 6.07) is 7.01. The van der Waals surface area contributed by atoms with Crippen LogP contribution in [0.1, 0.15) is 43.8 Å². The zero-order chi connectivity index (χ0) is 18.0. The van der Waals surface area contributed by atoms with Gasteiger partial charge in [-0.2, -0.15) is 4.99 Å². The van der Waals surface area contributed by atoms with E-state index in [1.54, 1.807) is 24.3 Å². The smallest absolute Gasteiger partial charge is 0.220 e. The van der Waals surface area contributed by atoms with E-state index in [0.717, 1.165) is 37.8 Å². The van der Waals surface area contributed by atoms with Gasteiger partial charge >= 0.3 is 0 Å². The summed E-state index contributed by atoms with van der Waals surface area (Å²) in [5.74, 6) is 0.506. The van der Waals surface area contributed by atoms with Crippen LogP contribution in [-0.4, -0.2) is 45.6 Å². The molecular weight excluding hydrogens is 322 g/mol. The Morgan fingerprint density at radius 3 is 2.32 bits per heavy atom. The fraction of sp³-hybridized carbons (Fsp3) is 0.529. The molecule has 1 heterocycles. The number of rotatable bonds is 4. The normalized spacial score (nSPS) is 22.3. The average molecular weight is 347 g/mol. The van der Waals surface area contributed by atoms with Gasteiger partial charge in [0.2, 0.25) is 11.9 Å². The van der Waals surface area contributed by atoms with Crippen molar-refractivity contribution < 1.29 is 15.3 Å². The van der Waals surface area contributed by atoms with Crippen molar-refractivity contribution in [2.24, 2.45) is 21.5 Å². The van der Waals surface area contributed by atoms with Crippen LogP contribution in [-0.2, 0) is 0 Å². The first-order valence-electron chi connectivity index (χ1n) is 8.53. The van der Waals surface area contributed by atoms with Crippen molar-refractivity contribution >= 4 is 17.6 Å². The van der Waals surface area contributed by atoms with Crippen LogP contribution in [0.3, 0.4) is 0 Å². The van der Waals surface area contributed by atoms with Gasteiger partial charge in [0.05, 0.1) is 6.61 Å². The summed E-state index contributed by atoms with van der Waals surface area (Å²) in [5.41, 5.74) is 12.8. The number of aliphatic hydroxyl groups excluding tert-OH is 3. The van der Waals surface area contributed by atoms with Crippen LogP contribution in [0.15, 0.2) is 34.3 Å². The summed E-state index contributed by atoms with van der Waals surface area (Å²) in [6.45, 7) is -0.508. The fourth-order valence-corrected chi connectivity index (χ4v) is 3.64. The van der Waals surface area contributed by atoms with E-state index >= 15 is 0 Å². The highest BCUT2D eigenvalue weighted by Crippen LogP contribution is 2.39. The van der Waals surface area contributed by atoms with Gasteiger partial charge in [-0.05, 0) is 43.4 Å². The predicted molar refractivity (Wildman–Crippen MR) is 96.0 cm³/mol. The molecular formula is C17H25N5O3. The van der Waals surface area contributed by atoms with Crippen LogP contribution >= 0.6 is 0 Å². The summed E-state index contributed by atoms with van der Waals surface area (Å²) in [6.07, 6.45) is 2.56. The van der Waals surface area contributed by atoms with Crippen molar-refractivity contribution in [3.05, 3.63) is 29.8 Å². The van der Waals surface area contributed by atoms with Gasteiger partial charge in [0, 0.05) is 5.69 Å². The van der Waals surface area contributed by atoms with Gasteiger partial charge in [-0.3, -0.25) is 4.90 Å². The lowest BCUT2D eigenvalue weighted by Crippen LogP contribution is -2.58. The van der Waals surface area contributed by atoms with Crippen molar-refractivity contribution in [3.8, 4) is 0 Å². The first kappa shape index (κ1) is 17.7. The van der Waals surface area contributed by atoms with Crippen LogP contribution in [0.2, 0.25) is 0 Å². The molecule has 3 rings (SSSR count). The zero-order valence-electron chi connectivity index (χ0n) is 14.0. The fourth-order valence-electron chi connectivity index (χ4n) is 3.64. The summed E-state index contributed by atoms with van der Waals surface area (Å²) in [7, 11) is 0. The maximum Gasteiger partial charge on any atom is 0.220 e. The van der Waals surface area contributed by atoms with E-state index in [1.165, 1.54) is 0 Å². The van der Waals surface area contributed by atoms with Crippen molar-refractivity contribution in [1.82, 2.24) is 0 Å². The minimum atomic E-state index is -1.22. The van der Waals surface area contributed by atoms with Crippen molar-refractivity contribution in [2.75, 3.05) is 11.5 Å². The van der Waals surface area contributed by atoms with E-state index in [0.29, 0.717) is 11.5 Å². The molecule has 1 aromatic carbocycles. The van der Waals surface area contributed by atoms with Crippen LogP contribution in [0.4, 0.5) is 5.69 Å². The Morgan fingerprint density at radius 2 is 1.72 bits per heavy atom. The molecule has 7 N–H and O–H groups in total. The minimum absolute atomic E-state index is 0.203. The van der Waals surface area contributed by atoms with Crippen LogP contribution < -0.4 is 16.4 Å². The van der Waals surface area contributed by atoms with Crippen LogP contribution in [0.25, 0.3) is 0 Å². The second-order valence-electron chi connectivity index (χ2n) is 6.60. The molecule has 0 saturated heterocycles. The first-order chi connectivity index (χ1) is 12.0. The van der Waals surface area contributed by atoms with Gasteiger partial charge in [0.15, 0.2) is 0 Å². The maximum absolute atomic E-state index is 10.0. The van der Waals surface area contributed by atoms with Crippen molar-refractivity contribution in [3.63, 3.8) is 0 Å². The second kappa shape index (κ2) is 6.99. The Balaban J connectivity index is 1.92. The molecule has 2 unspecified atom stereocenters. The summed E-state index contributed by atoms with van der Waals surface area (Å²) >= 11 is 0.